The number of sulfonamides is 1. The van der Waals surface area contributed by atoms with Crippen molar-refractivity contribution in [1.82, 2.24) is 20.2 Å². The van der Waals surface area contributed by atoms with Crippen LogP contribution < -0.4 is 16.2 Å². The van der Waals surface area contributed by atoms with Crippen LogP contribution >= 0.6 is 0 Å². The lowest BCUT2D eigenvalue weighted by Crippen LogP contribution is -2.19. The second-order valence-corrected chi connectivity index (χ2v) is 8.35. The van der Waals surface area contributed by atoms with Crippen LogP contribution in [0.4, 0.5) is 5.69 Å². The van der Waals surface area contributed by atoms with Crippen LogP contribution in [0.1, 0.15) is 16.2 Å². The summed E-state index contributed by atoms with van der Waals surface area (Å²) in [5, 5.41) is 19.4. The Balaban J connectivity index is 1.59. The third-order valence-electron chi connectivity index (χ3n) is 4.76. The van der Waals surface area contributed by atoms with Gasteiger partial charge in [0.25, 0.3) is 5.91 Å². The summed E-state index contributed by atoms with van der Waals surface area (Å²) in [5.41, 5.74) is 8.75. The van der Waals surface area contributed by atoms with Crippen LogP contribution in [0, 0.1) is 0 Å². The number of aromatic nitrogens is 4. The van der Waals surface area contributed by atoms with E-state index in [1.807, 2.05) is 12.1 Å². The van der Waals surface area contributed by atoms with E-state index < -0.39 is 15.9 Å². The number of benzene rings is 3. The number of para-hydroxylation sites is 1. The smallest absolute Gasteiger partial charge is 0.295 e. The molecule has 162 valence electrons. The number of amides is 1. The van der Waals surface area contributed by atoms with Gasteiger partial charge < -0.3 is 11.1 Å². The van der Waals surface area contributed by atoms with Crippen LogP contribution in [0.5, 0.6) is 0 Å². The van der Waals surface area contributed by atoms with Crippen LogP contribution in [-0.2, 0) is 16.6 Å². The fourth-order valence-corrected chi connectivity index (χ4v) is 4.02. The zero-order valence-electron chi connectivity index (χ0n) is 16.7. The highest BCUT2D eigenvalue weighted by atomic mass is 32.2. The first-order valence-electron chi connectivity index (χ1n) is 9.49. The normalized spacial score (nSPS) is 11.3. The Labute approximate surface area is 183 Å². The van der Waals surface area contributed by atoms with E-state index in [0.29, 0.717) is 22.5 Å². The summed E-state index contributed by atoms with van der Waals surface area (Å²) in [5.74, 6) is -0.519. The summed E-state index contributed by atoms with van der Waals surface area (Å²) < 4.78 is 25.0. The predicted molar refractivity (Wildman–Crippen MR) is 118 cm³/mol. The highest BCUT2D eigenvalue weighted by molar-refractivity contribution is 7.89. The number of nitrogens with two attached hydrogens (primary N) is 2. The second-order valence-electron chi connectivity index (χ2n) is 6.82. The van der Waals surface area contributed by atoms with Gasteiger partial charge in [0.2, 0.25) is 15.8 Å². The first-order valence-corrected chi connectivity index (χ1v) is 11.0. The lowest BCUT2D eigenvalue weighted by atomic mass is 10.1. The first kappa shape index (κ1) is 21.3. The number of tetrazole rings is 1. The minimum Gasteiger partial charge on any atom is -0.326 e. The van der Waals surface area contributed by atoms with Gasteiger partial charge in [-0.25, -0.2) is 13.6 Å². The van der Waals surface area contributed by atoms with Crippen molar-refractivity contribution in [2.75, 3.05) is 5.32 Å². The molecule has 0 atom stereocenters. The Kier molecular flexibility index (Phi) is 5.77. The van der Waals surface area contributed by atoms with E-state index in [9.17, 15) is 13.2 Å². The molecule has 3 aromatic carbocycles. The van der Waals surface area contributed by atoms with Crippen LogP contribution in [0.3, 0.4) is 0 Å². The molecule has 0 bridgehead atoms. The lowest BCUT2D eigenvalue weighted by Gasteiger charge is -2.10. The Morgan fingerprint density at radius 1 is 0.969 bits per heavy atom. The molecule has 32 heavy (non-hydrogen) atoms. The average Bonchev–Trinajstić information content (AvgIpc) is 3.29. The maximum absolute atomic E-state index is 12.8. The minimum atomic E-state index is -3.88. The van der Waals surface area contributed by atoms with Crippen LogP contribution in [0.2, 0.25) is 0 Å². The lowest BCUT2D eigenvalue weighted by molar-refractivity contribution is 0.101. The maximum Gasteiger partial charge on any atom is 0.295 e. The van der Waals surface area contributed by atoms with Gasteiger partial charge in [-0.2, -0.15) is 4.68 Å². The number of nitrogens with zero attached hydrogens (tertiary/aromatic N) is 4. The summed E-state index contributed by atoms with van der Waals surface area (Å²) in [6.07, 6.45) is 0. The first-order chi connectivity index (χ1) is 15.4. The quantitative estimate of drug-likeness (QED) is 0.404. The standard InChI is InChI=1S/C21H19N7O3S/c22-13-15-5-1-3-7-18(15)28-20(25-26-27-28)21(29)24-16-11-9-14(10-12-16)17-6-2-4-8-19(17)32(23,30)31/h1-12H,13,22H2,(H,24,29)(H2,23,30,31). The molecule has 0 aliphatic heterocycles. The van der Waals surface area contributed by atoms with Crippen molar-refractivity contribution in [3.63, 3.8) is 0 Å². The fraction of sp³-hybridized carbons (Fsp3) is 0.0476. The molecule has 1 amide bonds. The molecule has 0 aliphatic carbocycles. The molecule has 0 unspecified atom stereocenters. The van der Waals surface area contributed by atoms with E-state index in [-0.39, 0.29) is 17.3 Å². The molecule has 0 radical (unpaired) electrons. The van der Waals surface area contributed by atoms with E-state index >= 15 is 0 Å². The van der Waals surface area contributed by atoms with E-state index in [0.717, 1.165) is 5.56 Å². The average molecular weight is 449 g/mol. The van der Waals surface area contributed by atoms with Crippen molar-refractivity contribution in [3.05, 3.63) is 84.2 Å². The van der Waals surface area contributed by atoms with Crippen molar-refractivity contribution >= 4 is 21.6 Å². The second kappa shape index (κ2) is 8.67. The zero-order valence-corrected chi connectivity index (χ0v) is 17.5. The van der Waals surface area contributed by atoms with Crippen molar-refractivity contribution in [2.45, 2.75) is 11.4 Å². The SMILES string of the molecule is NCc1ccccc1-n1nnnc1C(=O)Nc1ccc(-c2ccccc2S(N)(=O)=O)cc1. The van der Waals surface area contributed by atoms with Crippen molar-refractivity contribution in [3.8, 4) is 16.8 Å². The van der Waals surface area contributed by atoms with Gasteiger partial charge in [-0.1, -0.05) is 48.5 Å². The van der Waals surface area contributed by atoms with E-state index in [1.165, 1.54) is 10.7 Å². The molecule has 11 heteroatoms. The van der Waals surface area contributed by atoms with Gasteiger partial charge in [-0.15, -0.1) is 5.10 Å². The Hall–Kier alpha value is -3.93. The predicted octanol–water partition coefficient (Wildman–Crippen LogP) is 1.69. The summed E-state index contributed by atoms with van der Waals surface area (Å²) >= 11 is 0. The number of hydrogen-bond donors (Lipinski definition) is 3. The molecule has 10 nitrogen and oxygen atoms in total. The highest BCUT2D eigenvalue weighted by Crippen LogP contribution is 2.27. The summed E-state index contributed by atoms with van der Waals surface area (Å²) in [6.45, 7) is 0.262. The van der Waals surface area contributed by atoms with Crippen LogP contribution in [0.15, 0.2) is 77.7 Å². The van der Waals surface area contributed by atoms with Gasteiger partial charge in [0.1, 0.15) is 0 Å². The number of rotatable bonds is 6. The minimum absolute atomic E-state index is 0.00505. The van der Waals surface area contributed by atoms with E-state index in [1.54, 1.807) is 54.6 Å². The van der Waals surface area contributed by atoms with Gasteiger partial charge in [0.15, 0.2) is 0 Å². The van der Waals surface area contributed by atoms with Crippen molar-refractivity contribution in [1.29, 1.82) is 0 Å². The largest absolute Gasteiger partial charge is 0.326 e. The van der Waals surface area contributed by atoms with Gasteiger partial charge >= 0.3 is 0 Å². The molecule has 1 heterocycles. The zero-order chi connectivity index (χ0) is 22.7. The van der Waals surface area contributed by atoms with Crippen LogP contribution in [-0.4, -0.2) is 34.5 Å². The number of carbonyl (C=O) groups is 1. The molecule has 0 fully saturated rings. The molecule has 5 N–H and O–H groups in total. The molecule has 4 rings (SSSR count). The van der Waals surface area contributed by atoms with E-state index in [2.05, 4.69) is 20.8 Å². The van der Waals surface area contributed by atoms with Gasteiger partial charge in [-0.3, -0.25) is 4.79 Å². The topological polar surface area (TPSA) is 159 Å². The fourth-order valence-electron chi connectivity index (χ4n) is 3.25. The molecule has 0 aliphatic rings. The summed E-state index contributed by atoms with van der Waals surface area (Å²) in [6, 6.07) is 20.3. The molecular weight excluding hydrogens is 430 g/mol. The molecule has 1 aromatic heterocycles. The molecule has 0 saturated heterocycles. The summed E-state index contributed by atoms with van der Waals surface area (Å²) in [7, 11) is -3.88. The molecule has 0 saturated carbocycles. The van der Waals surface area contributed by atoms with Gasteiger partial charge in [0.05, 0.1) is 10.6 Å². The Bertz CT molecular complexity index is 1380. The summed E-state index contributed by atoms with van der Waals surface area (Å²) in [4.78, 5) is 12.8. The Morgan fingerprint density at radius 3 is 2.38 bits per heavy atom. The molecule has 0 spiro atoms. The van der Waals surface area contributed by atoms with Crippen molar-refractivity contribution < 1.29 is 13.2 Å². The van der Waals surface area contributed by atoms with Crippen molar-refractivity contribution in [2.24, 2.45) is 10.9 Å². The number of hydrogen-bond acceptors (Lipinski definition) is 7. The highest BCUT2D eigenvalue weighted by Gasteiger charge is 2.19. The van der Waals surface area contributed by atoms with E-state index in [4.69, 9.17) is 10.9 Å². The maximum atomic E-state index is 12.8. The van der Waals surface area contributed by atoms with Gasteiger partial charge in [0, 0.05) is 17.8 Å². The number of nitrogens with one attached hydrogen (secondary N) is 1. The Morgan fingerprint density at radius 2 is 1.66 bits per heavy atom. The van der Waals surface area contributed by atoms with Crippen LogP contribution in [0.25, 0.3) is 16.8 Å². The third kappa shape index (κ3) is 4.25. The van der Waals surface area contributed by atoms with Gasteiger partial charge in [-0.05, 0) is 45.8 Å². The molecule has 4 aromatic rings. The molecular formula is C21H19N7O3S. The third-order valence-corrected chi connectivity index (χ3v) is 5.73. The number of anilines is 1. The number of primary sulfonamides is 1. The monoisotopic (exact) mass is 449 g/mol. The number of carbonyl (C=O) groups excluding carboxylic acids is 1.